The van der Waals surface area contributed by atoms with Crippen LogP contribution in [0.1, 0.15) is 54.8 Å². The molecule has 4 rings (SSSR count). The van der Waals surface area contributed by atoms with Gasteiger partial charge in [-0.15, -0.1) is 0 Å². The minimum atomic E-state index is 0.381. The second-order valence-electron chi connectivity index (χ2n) is 7.50. The summed E-state index contributed by atoms with van der Waals surface area (Å²) >= 11 is 0. The third kappa shape index (κ3) is 4.44. The van der Waals surface area contributed by atoms with Gasteiger partial charge in [-0.2, -0.15) is 4.98 Å². The van der Waals surface area contributed by atoms with Crippen molar-refractivity contribution in [3.63, 3.8) is 0 Å². The van der Waals surface area contributed by atoms with Crippen LogP contribution >= 0.6 is 0 Å². The van der Waals surface area contributed by atoms with E-state index in [1.807, 2.05) is 6.92 Å². The van der Waals surface area contributed by atoms with Crippen molar-refractivity contribution in [3.05, 3.63) is 29.3 Å². The zero-order chi connectivity index (χ0) is 18.6. The Morgan fingerprint density at radius 1 is 1.15 bits per heavy atom. The van der Waals surface area contributed by atoms with Crippen LogP contribution in [0.2, 0.25) is 0 Å². The van der Waals surface area contributed by atoms with Crippen molar-refractivity contribution in [2.24, 2.45) is 0 Å². The fraction of sp³-hybridized carbons (Fsp3) is 0.684. The van der Waals surface area contributed by atoms with Crippen molar-refractivity contribution in [2.45, 2.75) is 51.7 Å². The number of rotatable bonds is 6. The molecule has 2 aromatic heterocycles. The Balaban J connectivity index is 1.44. The molecule has 0 saturated carbocycles. The van der Waals surface area contributed by atoms with Crippen LogP contribution in [0.25, 0.3) is 0 Å². The molecule has 0 aromatic carbocycles. The smallest absolute Gasteiger partial charge is 0.240 e. The summed E-state index contributed by atoms with van der Waals surface area (Å²) in [5, 5.41) is 3.95. The Labute approximate surface area is 159 Å². The molecule has 0 aliphatic carbocycles. The predicted molar refractivity (Wildman–Crippen MR) is 100 cm³/mol. The second kappa shape index (κ2) is 8.31. The predicted octanol–water partition coefficient (Wildman–Crippen LogP) is 2.29. The van der Waals surface area contributed by atoms with Crippen LogP contribution < -0.4 is 4.90 Å². The van der Waals surface area contributed by atoms with E-state index in [4.69, 9.17) is 14.2 Å². The van der Waals surface area contributed by atoms with Crippen LogP contribution in [0, 0.1) is 6.92 Å². The van der Waals surface area contributed by atoms with E-state index in [1.54, 1.807) is 7.11 Å². The molecule has 0 radical (unpaired) electrons. The van der Waals surface area contributed by atoms with Gasteiger partial charge in [0, 0.05) is 38.7 Å². The molecule has 0 unspecified atom stereocenters. The fourth-order valence-electron chi connectivity index (χ4n) is 4.07. The number of aryl methyl sites for hydroxylation is 1. The van der Waals surface area contributed by atoms with Gasteiger partial charge < -0.3 is 14.2 Å². The van der Waals surface area contributed by atoms with Gasteiger partial charge in [-0.3, -0.25) is 4.90 Å². The van der Waals surface area contributed by atoms with E-state index < -0.39 is 0 Å². The zero-order valence-electron chi connectivity index (χ0n) is 16.2. The lowest BCUT2D eigenvalue weighted by Crippen LogP contribution is -2.34. The average molecular weight is 372 g/mol. The first-order chi connectivity index (χ1) is 13.2. The largest absolute Gasteiger partial charge is 0.377 e. The summed E-state index contributed by atoms with van der Waals surface area (Å²) < 4.78 is 10.4. The lowest BCUT2D eigenvalue weighted by atomic mass is 9.94. The van der Waals surface area contributed by atoms with Crippen molar-refractivity contribution in [1.82, 2.24) is 25.0 Å². The standard InChI is InChI=1S/C19H28N6O2/c1-14-20-16(10-18(21-14)25-8-3-4-9-25)15-6-5-7-24(11-15)12-19-22-17(13-26-2)23-27-19/h10,15H,3-9,11-13H2,1-2H3/t15-/m1/s1. The Bertz CT molecular complexity index is 758. The van der Waals surface area contributed by atoms with Crippen LogP contribution in [0.15, 0.2) is 10.6 Å². The molecule has 27 heavy (non-hydrogen) atoms. The van der Waals surface area contributed by atoms with Gasteiger partial charge in [-0.25, -0.2) is 9.97 Å². The molecule has 8 heteroatoms. The van der Waals surface area contributed by atoms with E-state index in [2.05, 4.69) is 31.0 Å². The van der Waals surface area contributed by atoms with Crippen molar-refractivity contribution in [3.8, 4) is 0 Å². The first kappa shape index (κ1) is 18.3. The van der Waals surface area contributed by atoms with Crippen LogP contribution in [-0.2, 0) is 17.9 Å². The number of anilines is 1. The number of ether oxygens (including phenoxy) is 1. The summed E-state index contributed by atoms with van der Waals surface area (Å²) in [5.74, 6) is 3.63. The van der Waals surface area contributed by atoms with Gasteiger partial charge in [0.15, 0.2) is 5.82 Å². The normalized spacial score (nSPS) is 21.1. The molecule has 1 atom stereocenters. The number of piperidine rings is 1. The molecular weight excluding hydrogens is 344 g/mol. The highest BCUT2D eigenvalue weighted by molar-refractivity contribution is 5.41. The molecule has 4 heterocycles. The molecule has 2 aliphatic rings. The molecule has 146 valence electrons. The summed E-state index contributed by atoms with van der Waals surface area (Å²) in [5.41, 5.74) is 1.17. The first-order valence-electron chi connectivity index (χ1n) is 9.84. The SMILES string of the molecule is COCc1noc(CN2CCC[C@@H](c3cc(N4CCCC4)nc(C)n3)C2)n1. The van der Waals surface area contributed by atoms with Gasteiger partial charge >= 0.3 is 0 Å². The average Bonchev–Trinajstić information content (AvgIpc) is 3.34. The topological polar surface area (TPSA) is 80.4 Å². The molecule has 2 aromatic rings. The minimum absolute atomic E-state index is 0.381. The summed E-state index contributed by atoms with van der Waals surface area (Å²) in [7, 11) is 1.63. The second-order valence-corrected chi connectivity index (χ2v) is 7.50. The third-order valence-corrected chi connectivity index (χ3v) is 5.34. The van der Waals surface area contributed by atoms with Crippen molar-refractivity contribution in [1.29, 1.82) is 0 Å². The summed E-state index contributed by atoms with van der Waals surface area (Å²) in [4.78, 5) is 18.6. The maximum Gasteiger partial charge on any atom is 0.240 e. The lowest BCUT2D eigenvalue weighted by molar-refractivity contribution is 0.171. The maximum absolute atomic E-state index is 5.35. The number of nitrogens with zero attached hydrogens (tertiary/aromatic N) is 6. The van der Waals surface area contributed by atoms with E-state index in [-0.39, 0.29) is 0 Å². The highest BCUT2D eigenvalue weighted by atomic mass is 16.5. The van der Waals surface area contributed by atoms with E-state index in [1.165, 1.54) is 18.5 Å². The Morgan fingerprint density at radius 3 is 2.81 bits per heavy atom. The number of aromatic nitrogens is 4. The molecule has 2 aliphatic heterocycles. The zero-order valence-corrected chi connectivity index (χ0v) is 16.2. The Hall–Kier alpha value is -2.06. The molecule has 8 nitrogen and oxygen atoms in total. The summed E-state index contributed by atoms with van der Waals surface area (Å²) in [6.45, 7) is 7.27. The van der Waals surface area contributed by atoms with E-state index in [0.29, 0.717) is 30.8 Å². The summed E-state index contributed by atoms with van der Waals surface area (Å²) in [6, 6.07) is 2.20. The molecule has 0 spiro atoms. The molecule has 0 bridgehead atoms. The van der Waals surface area contributed by atoms with Crippen LogP contribution in [0.3, 0.4) is 0 Å². The van der Waals surface area contributed by atoms with Gasteiger partial charge in [0.25, 0.3) is 0 Å². The van der Waals surface area contributed by atoms with E-state index >= 15 is 0 Å². The Morgan fingerprint density at radius 2 is 2.00 bits per heavy atom. The third-order valence-electron chi connectivity index (χ3n) is 5.34. The van der Waals surface area contributed by atoms with Crippen molar-refractivity contribution < 1.29 is 9.26 Å². The number of hydrogen-bond acceptors (Lipinski definition) is 8. The molecule has 2 fully saturated rings. The van der Waals surface area contributed by atoms with Gasteiger partial charge in [-0.05, 0) is 39.2 Å². The molecule has 0 amide bonds. The van der Waals surface area contributed by atoms with E-state index in [0.717, 1.165) is 50.7 Å². The highest BCUT2D eigenvalue weighted by Crippen LogP contribution is 2.29. The number of hydrogen-bond donors (Lipinski definition) is 0. The van der Waals surface area contributed by atoms with Gasteiger partial charge in [-0.1, -0.05) is 5.16 Å². The summed E-state index contributed by atoms with van der Waals surface area (Å²) in [6.07, 6.45) is 4.81. The van der Waals surface area contributed by atoms with Crippen molar-refractivity contribution >= 4 is 5.82 Å². The van der Waals surface area contributed by atoms with Crippen LogP contribution in [0.5, 0.6) is 0 Å². The van der Waals surface area contributed by atoms with Gasteiger partial charge in [0.2, 0.25) is 5.89 Å². The number of likely N-dealkylation sites (tertiary alicyclic amines) is 1. The van der Waals surface area contributed by atoms with Crippen LogP contribution in [-0.4, -0.2) is 58.3 Å². The first-order valence-corrected chi connectivity index (χ1v) is 9.84. The molecule has 0 N–H and O–H groups in total. The minimum Gasteiger partial charge on any atom is -0.377 e. The van der Waals surface area contributed by atoms with Crippen LogP contribution in [0.4, 0.5) is 5.82 Å². The monoisotopic (exact) mass is 372 g/mol. The van der Waals surface area contributed by atoms with Gasteiger partial charge in [0.05, 0.1) is 12.2 Å². The quantitative estimate of drug-likeness (QED) is 0.764. The maximum atomic E-state index is 5.35. The van der Waals surface area contributed by atoms with Crippen molar-refractivity contribution in [2.75, 3.05) is 38.2 Å². The Kier molecular flexibility index (Phi) is 5.63. The number of methoxy groups -OCH3 is 1. The van der Waals surface area contributed by atoms with E-state index in [9.17, 15) is 0 Å². The lowest BCUT2D eigenvalue weighted by Gasteiger charge is -2.31. The fourth-order valence-corrected chi connectivity index (χ4v) is 4.07. The molecular formula is C19H28N6O2. The molecule has 2 saturated heterocycles. The highest BCUT2D eigenvalue weighted by Gasteiger charge is 2.25. The van der Waals surface area contributed by atoms with Gasteiger partial charge in [0.1, 0.15) is 18.2 Å².